The number of amides is 2. The number of likely N-dealkylation sites (tertiary alicyclic amines) is 1. The number of hydrogen-bond acceptors (Lipinski definition) is 6. The number of carbonyl (C=O) groups excluding carboxylic acids is 2. The Labute approximate surface area is 168 Å². The maximum absolute atomic E-state index is 13.0. The van der Waals surface area contributed by atoms with Crippen molar-refractivity contribution in [2.45, 2.75) is 31.9 Å². The number of nitrogens with zero attached hydrogens (tertiary/aromatic N) is 3. The maximum atomic E-state index is 13.0. The van der Waals surface area contributed by atoms with Crippen molar-refractivity contribution in [1.29, 1.82) is 5.26 Å². The van der Waals surface area contributed by atoms with Crippen molar-refractivity contribution in [3.8, 4) is 11.8 Å². The van der Waals surface area contributed by atoms with Gasteiger partial charge in [0.2, 0.25) is 5.91 Å². The zero-order valence-electron chi connectivity index (χ0n) is 16.2. The lowest BCUT2D eigenvalue weighted by Gasteiger charge is -2.36. The van der Waals surface area contributed by atoms with Crippen LogP contribution < -0.4 is 4.74 Å². The molecule has 29 heavy (non-hydrogen) atoms. The van der Waals surface area contributed by atoms with Crippen LogP contribution in [-0.4, -0.2) is 77.7 Å². The molecule has 2 amide bonds. The van der Waals surface area contributed by atoms with Gasteiger partial charge in [-0.05, 0) is 38.0 Å². The number of carbonyl (C=O) groups is 3. The predicted octanol–water partition coefficient (Wildman–Crippen LogP) is 0.874. The summed E-state index contributed by atoms with van der Waals surface area (Å²) in [7, 11) is 0. The lowest BCUT2D eigenvalue weighted by atomic mass is 10.1. The van der Waals surface area contributed by atoms with Gasteiger partial charge in [-0.15, -0.1) is 0 Å². The van der Waals surface area contributed by atoms with E-state index in [0.717, 1.165) is 0 Å². The van der Waals surface area contributed by atoms with E-state index < -0.39 is 12.0 Å². The SMILES string of the molecule is C[C@@H](C(=O)N1CCC(OCC(=O)O)CC1)N1CCOc2cc(C#N)ccc2C1=O. The lowest BCUT2D eigenvalue weighted by molar-refractivity contribution is -0.147. The smallest absolute Gasteiger partial charge is 0.329 e. The van der Waals surface area contributed by atoms with Gasteiger partial charge < -0.3 is 24.4 Å². The minimum atomic E-state index is -1.01. The molecule has 1 aromatic carbocycles. The van der Waals surface area contributed by atoms with Crippen LogP contribution in [0.15, 0.2) is 18.2 Å². The van der Waals surface area contributed by atoms with Crippen LogP contribution in [0.4, 0.5) is 0 Å². The van der Waals surface area contributed by atoms with Gasteiger partial charge in [-0.3, -0.25) is 9.59 Å². The summed E-state index contributed by atoms with van der Waals surface area (Å²) in [4.78, 5) is 39.7. The highest BCUT2D eigenvalue weighted by Gasteiger charge is 2.34. The topological polar surface area (TPSA) is 120 Å². The summed E-state index contributed by atoms with van der Waals surface area (Å²) in [5, 5.41) is 17.7. The van der Waals surface area contributed by atoms with Gasteiger partial charge >= 0.3 is 5.97 Å². The normalized spacial score (nSPS) is 18.3. The van der Waals surface area contributed by atoms with Gasteiger partial charge in [0.1, 0.15) is 25.0 Å². The molecule has 2 aliphatic rings. The first-order valence-corrected chi connectivity index (χ1v) is 9.50. The van der Waals surface area contributed by atoms with Crippen molar-refractivity contribution in [2.24, 2.45) is 0 Å². The molecule has 0 radical (unpaired) electrons. The van der Waals surface area contributed by atoms with Gasteiger partial charge in [-0.2, -0.15) is 5.26 Å². The van der Waals surface area contributed by atoms with Crippen LogP contribution in [0.2, 0.25) is 0 Å². The van der Waals surface area contributed by atoms with Gasteiger partial charge in [0.15, 0.2) is 0 Å². The molecular weight excluding hydrogens is 378 g/mol. The molecule has 154 valence electrons. The van der Waals surface area contributed by atoms with E-state index in [9.17, 15) is 14.4 Å². The number of rotatable bonds is 5. The fourth-order valence-electron chi connectivity index (χ4n) is 3.60. The number of ether oxygens (including phenoxy) is 2. The predicted molar refractivity (Wildman–Crippen MR) is 100 cm³/mol. The zero-order chi connectivity index (χ0) is 21.0. The van der Waals surface area contributed by atoms with E-state index >= 15 is 0 Å². The Kier molecular flexibility index (Phi) is 6.34. The van der Waals surface area contributed by atoms with Gasteiger partial charge in [-0.1, -0.05) is 0 Å². The lowest BCUT2D eigenvalue weighted by Crippen LogP contribution is -2.52. The molecule has 0 spiro atoms. The first-order chi connectivity index (χ1) is 13.9. The van der Waals surface area contributed by atoms with Crippen LogP contribution in [0.5, 0.6) is 5.75 Å². The minimum Gasteiger partial charge on any atom is -0.491 e. The molecule has 9 heteroatoms. The zero-order valence-corrected chi connectivity index (χ0v) is 16.2. The molecule has 1 atom stereocenters. The molecule has 9 nitrogen and oxygen atoms in total. The molecule has 0 saturated carbocycles. The number of nitriles is 1. The van der Waals surface area contributed by atoms with E-state index in [1.807, 2.05) is 6.07 Å². The molecule has 0 aliphatic carbocycles. The molecule has 2 heterocycles. The summed E-state index contributed by atoms with van der Waals surface area (Å²) in [6, 6.07) is 5.99. The second kappa shape index (κ2) is 8.92. The molecule has 0 bridgehead atoms. The first-order valence-electron chi connectivity index (χ1n) is 9.50. The van der Waals surface area contributed by atoms with E-state index in [1.54, 1.807) is 24.0 Å². The number of fused-ring (bicyclic) bond motifs is 1. The average molecular weight is 401 g/mol. The number of hydrogen-bond donors (Lipinski definition) is 1. The molecule has 1 aromatic rings. The van der Waals surface area contributed by atoms with E-state index in [0.29, 0.717) is 42.8 Å². The average Bonchev–Trinajstić information content (AvgIpc) is 2.89. The van der Waals surface area contributed by atoms with Crippen LogP contribution in [0, 0.1) is 11.3 Å². The Morgan fingerprint density at radius 3 is 2.72 bits per heavy atom. The van der Waals surface area contributed by atoms with Crippen molar-refractivity contribution in [1.82, 2.24) is 9.80 Å². The molecule has 1 fully saturated rings. The van der Waals surface area contributed by atoms with E-state index in [1.165, 1.54) is 11.0 Å². The highest BCUT2D eigenvalue weighted by atomic mass is 16.5. The number of carboxylic acids is 1. The molecule has 1 saturated heterocycles. The molecule has 3 rings (SSSR count). The second-order valence-corrected chi connectivity index (χ2v) is 7.08. The maximum Gasteiger partial charge on any atom is 0.329 e. The molecule has 1 N–H and O–H groups in total. The monoisotopic (exact) mass is 401 g/mol. The van der Waals surface area contributed by atoms with Crippen molar-refractivity contribution < 1.29 is 29.0 Å². The third-order valence-corrected chi connectivity index (χ3v) is 5.21. The van der Waals surface area contributed by atoms with Crippen molar-refractivity contribution >= 4 is 17.8 Å². The van der Waals surface area contributed by atoms with Crippen molar-refractivity contribution in [3.63, 3.8) is 0 Å². The highest BCUT2D eigenvalue weighted by molar-refractivity contribution is 6.00. The number of carboxylic acid groups (broad SMARTS) is 1. The Morgan fingerprint density at radius 1 is 1.34 bits per heavy atom. The first kappa shape index (κ1) is 20.6. The van der Waals surface area contributed by atoms with Crippen LogP contribution >= 0.6 is 0 Å². The summed E-state index contributed by atoms with van der Waals surface area (Å²) in [6.07, 6.45) is 0.936. The molecular formula is C20H23N3O6. The molecule has 0 aromatic heterocycles. The summed E-state index contributed by atoms with van der Waals surface area (Å²) < 4.78 is 10.9. The minimum absolute atomic E-state index is 0.160. The Balaban J connectivity index is 1.64. The fraction of sp³-hybridized carbons (Fsp3) is 0.500. The summed E-state index contributed by atoms with van der Waals surface area (Å²) >= 11 is 0. The summed E-state index contributed by atoms with van der Waals surface area (Å²) in [5.74, 6) is -1.12. The van der Waals surface area contributed by atoms with Crippen molar-refractivity contribution in [2.75, 3.05) is 32.8 Å². The van der Waals surface area contributed by atoms with Gasteiger partial charge in [0.05, 0.1) is 29.8 Å². The Hall–Kier alpha value is -3.12. The van der Waals surface area contributed by atoms with E-state index in [4.69, 9.17) is 19.8 Å². The number of piperidine rings is 1. The molecule has 0 unspecified atom stereocenters. The van der Waals surface area contributed by atoms with Crippen LogP contribution in [0.1, 0.15) is 35.7 Å². The summed E-state index contributed by atoms with van der Waals surface area (Å²) in [6.45, 7) is 2.76. The van der Waals surface area contributed by atoms with Crippen LogP contribution in [-0.2, 0) is 14.3 Å². The fourth-order valence-corrected chi connectivity index (χ4v) is 3.60. The standard InChI is InChI=1S/C20H23N3O6/c1-13(19(26)22-6-4-15(5-7-22)29-12-18(24)25)23-8-9-28-17-10-14(11-21)2-3-16(17)20(23)27/h2-3,10,13,15H,4-9,12H2,1H3,(H,24,25)/t13-/m0/s1. The van der Waals surface area contributed by atoms with Crippen LogP contribution in [0.3, 0.4) is 0 Å². The van der Waals surface area contributed by atoms with E-state index in [-0.39, 0.29) is 37.7 Å². The van der Waals surface area contributed by atoms with Gasteiger partial charge in [0, 0.05) is 13.1 Å². The third-order valence-electron chi connectivity index (χ3n) is 5.21. The summed E-state index contributed by atoms with van der Waals surface area (Å²) in [5.41, 5.74) is 0.740. The van der Waals surface area contributed by atoms with Gasteiger partial charge in [0.25, 0.3) is 5.91 Å². The Morgan fingerprint density at radius 2 is 2.07 bits per heavy atom. The number of aliphatic carboxylic acids is 1. The highest BCUT2D eigenvalue weighted by Crippen LogP contribution is 2.26. The third kappa shape index (κ3) is 4.66. The van der Waals surface area contributed by atoms with E-state index in [2.05, 4.69) is 0 Å². The van der Waals surface area contributed by atoms with Crippen LogP contribution in [0.25, 0.3) is 0 Å². The Bertz CT molecular complexity index is 841. The molecule has 2 aliphatic heterocycles. The van der Waals surface area contributed by atoms with Crippen molar-refractivity contribution in [3.05, 3.63) is 29.3 Å². The second-order valence-electron chi connectivity index (χ2n) is 7.08. The van der Waals surface area contributed by atoms with Gasteiger partial charge in [-0.25, -0.2) is 4.79 Å². The quantitative estimate of drug-likeness (QED) is 0.777. The largest absolute Gasteiger partial charge is 0.491 e. The number of benzene rings is 1.